The Labute approximate surface area is 351 Å². The summed E-state index contributed by atoms with van der Waals surface area (Å²) in [5.41, 5.74) is 1.75. The van der Waals surface area contributed by atoms with E-state index >= 15 is 0 Å². The fourth-order valence-corrected chi connectivity index (χ4v) is 8.03. The first-order valence-electron chi connectivity index (χ1n) is 20.6. The minimum Gasteiger partial charge on any atom is -0.410 e. The van der Waals surface area contributed by atoms with E-state index in [2.05, 4.69) is 15.0 Å². The van der Waals surface area contributed by atoms with E-state index in [1.54, 1.807) is 54.6 Å². The van der Waals surface area contributed by atoms with Gasteiger partial charge in [-0.25, -0.2) is 0 Å². The van der Waals surface area contributed by atoms with Gasteiger partial charge in [-0.15, -0.1) is 15.0 Å². The van der Waals surface area contributed by atoms with Crippen molar-refractivity contribution < 1.29 is 42.4 Å². The number of aromatic nitrogens is 3. The molecule has 4 aromatic rings. The fourth-order valence-electron chi connectivity index (χ4n) is 8.03. The molecule has 0 fully saturated rings. The Morgan fingerprint density at radius 3 is 0.867 bits per heavy atom. The van der Waals surface area contributed by atoms with Gasteiger partial charge in [0.05, 0.1) is 70.7 Å². The third kappa shape index (κ3) is 10.5. The van der Waals surface area contributed by atoms with Gasteiger partial charge in [-0.3, -0.25) is 43.8 Å². The van der Waals surface area contributed by atoms with Crippen LogP contribution in [-0.4, -0.2) is 101 Å². The van der Waals surface area contributed by atoms with Crippen LogP contribution in [0.1, 0.15) is 79.0 Å². The number of hydrogen-bond acceptors (Lipinski definition) is 12. The molecule has 0 bridgehead atoms. The van der Waals surface area contributed by atoms with Crippen molar-refractivity contribution >= 4 is 17.1 Å². The van der Waals surface area contributed by atoms with E-state index in [0.717, 1.165) is 0 Å². The molecule has 0 aliphatic heterocycles. The lowest BCUT2D eigenvalue weighted by molar-refractivity contribution is -0.975. The van der Waals surface area contributed by atoms with Gasteiger partial charge >= 0.3 is 18.0 Å². The number of quaternary nitrogens is 3. The van der Waals surface area contributed by atoms with E-state index in [0.29, 0.717) is 89.0 Å². The summed E-state index contributed by atoms with van der Waals surface area (Å²) >= 11 is 0. The maximum atomic E-state index is 12.0. The number of nitro groups is 3. The van der Waals surface area contributed by atoms with E-state index < -0.39 is 18.7 Å². The van der Waals surface area contributed by atoms with Gasteiger partial charge in [0.15, 0.2) is 0 Å². The standard InChI is InChI=1S/C42H60N9O9/c1-10-49(11-2,28-34-22-16-19-25-37(34)46(52)53)31(7)58-40-43-41(59-32(8)50(12-3,13-4)29-35-23-17-20-26-38(35)47(54)55)45-42(44-40)60-33(9)51(14-5,15-6)30-36-24-18-21-27-39(36)48(56)57/h16-27,31-33H,10-15,28-30H2,1-9H3/q+3/t31-,32-,33-/m0/s1. The molecule has 0 radical (unpaired) electrons. The molecule has 3 atom stereocenters. The zero-order valence-electron chi connectivity index (χ0n) is 36.2. The molecule has 18 nitrogen and oxygen atoms in total. The van der Waals surface area contributed by atoms with Crippen LogP contribution in [0.3, 0.4) is 0 Å². The second-order valence-corrected chi connectivity index (χ2v) is 15.0. The lowest BCUT2D eigenvalue weighted by atomic mass is 10.1. The van der Waals surface area contributed by atoms with Crippen molar-refractivity contribution in [3.05, 3.63) is 120 Å². The molecule has 0 aliphatic carbocycles. The Morgan fingerprint density at radius 1 is 0.450 bits per heavy atom. The number of nitro benzene ring substituents is 3. The molecule has 3 aromatic carbocycles. The van der Waals surface area contributed by atoms with Gasteiger partial charge in [0.1, 0.15) is 19.6 Å². The summed E-state index contributed by atoms with van der Waals surface area (Å²) in [5.74, 6) is 0. The van der Waals surface area contributed by atoms with E-state index in [4.69, 9.17) is 14.2 Å². The smallest absolute Gasteiger partial charge is 0.330 e. The van der Waals surface area contributed by atoms with Crippen molar-refractivity contribution in [3.63, 3.8) is 0 Å². The molecule has 1 heterocycles. The molecule has 4 rings (SSSR count). The molecule has 60 heavy (non-hydrogen) atoms. The van der Waals surface area contributed by atoms with Crippen LogP contribution in [0.4, 0.5) is 17.1 Å². The van der Waals surface area contributed by atoms with Crippen LogP contribution in [-0.2, 0) is 19.6 Å². The summed E-state index contributed by atoms with van der Waals surface area (Å²) in [6.07, 6.45) is -1.84. The molecule has 0 unspecified atom stereocenters. The lowest BCUT2D eigenvalue weighted by Gasteiger charge is -2.41. The monoisotopic (exact) mass is 834 g/mol. The summed E-state index contributed by atoms with van der Waals surface area (Å²) < 4.78 is 20.5. The van der Waals surface area contributed by atoms with Gasteiger partial charge in [-0.05, 0) is 59.7 Å². The van der Waals surface area contributed by atoms with Gasteiger partial charge < -0.3 is 14.2 Å². The number of hydrogen-bond donors (Lipinski definition) is 0. The molecular formula is C42H60N9O9+3. The molecular weight excluding hydrogens is 775 g/mol. The summed E-state index contributed by atoms with van der Waals surface area (Å²) in [6, 6.07) is 19.7. The van der Waals surface area contributed by atoms with Crippen molar-refractivity contribution in [1.82, 2.24) is 15.0 Å². The number of para-hydroxylation sites is 3. The van der Waals surface area contributed by atoms with Crippen LogP contribution in [0.15, 0.2) is 72.8 Å². The summed E-state index contributed by atoms with van der Waals surface area (Å²) in [4.78, 5) is 48.6. The molecule has 0 saturated carbocycles. The Kier molecular flexibility index (Phi) is 15.9. The number of nitrogens with zero attached hydrogens (tertiary/aromatic N) is 9. The Bertz CT molecular complexity index is 1850. The van der Waals surface area contributed by atoms with Gasteiger partial charge in [-0.2, -0.15) is 0 Å². The molecule has 1 aromatic heterocycles. The third-order valence-electron chi connectivity index (χ3n) is 12.5. The molecule has 0 saturated heterocycles. The topological polar surface area (TPSA) is 196 Å². The van der Waals surface area contributed by atoms with E-state index in [9.17, 15) is 30.3 Å². The first kappa shape index (κ1) is 46.8. The zero-order chi connectivity index (χ0) is 44.3. The predicted octanol–water partition coefficient (Wildman–Crippen LogP) is 7.94. The average Bonchev–Trinajstić information content (AvgIpc) is 3.23. The Balaban J connectivity index is 1.78. The second-order valence-electron chi connectivity index (χ2n) is 15.0. The highest BCUT2D eigenvalue weighted by Crippen LogP contribution is 2.31. The van der Waals surface area contributed by atoms with Crippen molar-refractivity contribution in [2.45, 2.75) is 101 Å². The summed E-state index contributed by atoms with van der Waals surface area (Å²) in [6.45, 7) is 21.8. The van der Waals surface area contributed by atoms with Crippen LogP contribution in [0.25, 0.3) is 0 Å². The first-order valence-corrected chi connectivity index (χ1v) is 20.6. The highest BCUT2D eigenvalue weighted by Gasteiger charge is 2.39. The van der Waals surface area contributed by atoms with E-state index in [1.165, 1.54) is 18.2 Å². The van der Waals surface area contributed by atoms with Gasteiger partial charge in [0.25, 0.3) is 17.1 Å². The third-order valence-corrected chi connectivity index (χ3v) is 12.5. The molecule has 324 valence electrons. The van der Waals surface area contributed by atoms with Gasteiger partial charge in [-0.1, -0.05) is 36.4 Å². The summed E-state index contributed by atoms with van der Waals surface area (Å²) in [7, 11) is 0. The average molecular weight is 835 g/mol. The van der Waals surface area contributed by atoms with E-state index in [-0.39, 0.29) is 49.9 Å². The van der Waals surface area contributed by atoms with Gasteiger partial charge in [0.2, 0.25) is 18.7 Å². The zero-order valence-corrected chi connectivity index (χ0v) is 36.2. The van der Waals surface area contributed by atoms with Gasteiger partial charge in [0, 0.05) is 39.0 Å². The SMILES string of the molecule is CC[N+](CC)(Cc1ccccc1[N+](=O)[O-])[C@H](C)Oc1nc(O[C@@H](C)[N+](CC)(CC)Cc2ccccc2[N+](=O)[O-])nc(O[C@@H](C)[N+](CC)(CC)Cc2ccccc2[N+](=O)[O-])n1. The first-order chi connectivity index (χ1) is 28.6. The normalized spacial score (nSPS) is 13.6. The van der Waals surface area contributed by atoms with Crippen molar-refractivity contribution in [1.29, 1.82) is 0 Å². The molecule has 18 heteroatoms. The van der Waals surface area contributed by atoms with Crippen LogP contribution < -0.4 is 14.2 Å². The minimum absolute atomic E-state index is 0.0205. The van der Waals surface area contributed by atoms with Crippen molar-refractivity contribution in [2.75, 3.05) is 39.3 Å². The molecule has 0 N–H and O–H groups in total. The fraction of sp³-hybridized carbons (Fsp3) is 0.500. The lowest BCUT2D eigenvalue weighted by Crippen LogP contribution is -2.56. The van der Waals surface area contributed by atoms with E-state index in [1.807, 2.05) is 62.3 Å². The highest BCUT2D eigenvalue weighted by atomic mass is 16.6. The quantitative estimate of drug-likeness (QED) is 0.0286. The molecule has 0 spiro atoms. The van der Waals surface area contributed by atoms with Crippen molar-refractivity contribution in [2.24, 2.45) is 0 Å². The van der Waals surface area contributed by atoms with Crippen molar-refractivity contribution in [3.8, 4) is 18.0 Å². The number of ether oxygens (including phenoxy) is 3. The Hall–Kier alpha value is -5.85. The van der Waals surface area contributed by atoms with Crippen LogP contribution in [0.5, 0.6) is 18.0 Å². The van der Waals surface area contributed by atoms with Crippen LogP contribution in [0.2, 0.25) is 0 Å². The Morgan fingerprint density at radius 2 is 0.667 bits per heavy atom. The summed E-state index contributed by atoms with van der Waals surface area (Å²) in [5, 5.41) is 35.9. The molecule has 0 aliphatic rings. The van der Waals surface area contributed by atoms with Crippen LogP contribution in [0, 0.1) is 30.3 Å². The maximum absolute atomic E-state index is 12.0. The van der Waals surface area contributed by atoms with Crippen LogP contribution >= 0.6 is 0 Å². The molecule has 0 amide bonds. The predicted molar refractivity (Wildman–Crippen MR) is 225 cm³/mol. The maximum Gasteiger partial charge on any atom is 0.330 e. The number of benzene rings is 3. The largest absolute Gasteiger partial charge is 0.410 e. The minimum atomic E-state index is -0.614. The highest BCUT2D eigenvalue weighted by molar-refractivity contribution is 5.40. The number of rotatable bonds is 24. The second kappa shape index (κ2) is 20.4.